The van der Waals surface area contributed by atoms with Crippen molar-refractivity contribution in [3.05, 3.63) is 75.3 Å². The molecule has 4 rings (SSSR count). The summed E-state index contributed by atoms with van der Waals surface area (Å²) in [6.45, 7) is 2.38. The number of non-ortho nitro benzene ring substituents is 1. The maximum atomic E-state index is 13.9. The number of rotatable bonds is 7. The number of carbonyl (C=O) groups is 2. The monoisotopic (exact) mass is 519 g/mol. The predicted octanol–water partition coefficient (Wildman–Crippen LogP) is 3.25. The summed E-state index contributed by atoms with van der Waals surface area (Å²) in [5.41, 5.74) is 0.287. The van der Waals surface area contributed by atoms with E-state index in [0.717, 1.165) is 0 Å². The molecule has 0 saturated carbocycles. The molecule has 37 heavy (non-hydrogen) atoms. The smallest absolute Gasteiger partial charge is 0.432 e. The molecule has 2 heterocycles. The summed E-state index contributed by atoms with van der Waals surface area (Å²) in [5.74, 6) is -2.96. The topological polar surface area (TPSA) is 117 Å². The molecule has 10 nitrogen and oxygen atoms in total. The molecule has 1 amide bonds. The number of halogens is 3. The van der Waals surface area contributed by atoms with E-state index >= 15 is 0 Å². The molecule has 0 aromatic heterocycles. The van der Waals surface area contributed by atoms with Crippen molar-refractivity contribution in [2.24, 2.45) is 11.0 Å². The van der Waals surface area contributed by atoms with E-state index in [1.165, 1.54) is 48.5 Å². The van der Waals surface area contributed by atoms with Gasteiger partial charge in [-0.25, -0.2) is 4.79 Å². The van der Waals surface area contributed by atoms with E-state index < -0.39 is 46.8 Å². The number of carbonyl (C=O) groups excluding carboxylic acids is 2. The van der Waals surface area contributed by atoms with E-state index in [0.29, 0.717) is 23.2 Å². The molecule has 1 fully saturated rings. The van der Waals surface area contributed by atoms with Crippen molar-refractivity contribution in [1.29, 1.82) is 0 Å². The second-order valence-electron chi connectivity index (χ2n) is 8.78. The first-order chi connectivity index (χ1) is 17.5. The Morgan fingerprint density at radius 3 is 2.38 bits per heavy atom. The minimum absolute atomic E-state index is 0.0961. The molecule has 0 aliphatic carbocycles. The van der Waals surface area contributed by atoms with Gasteiger partial charge in [0.2, 0.25) is 5.91 Å². The minimum atomic E-state index is -4.81. The molecule has 196 valence electrons. The van der Waals surface area contributed by atoms with E-state index in [-0.39, 0.29) is 18.8 Å². The lowest BCUT2D eigenvalue weighted by Gasteiger charge is -2.30. The van der Waals surface area contributed by atoms with Gasteiger partial charge in [0.05, 0.1) is 30.2 Å². The third-order valence-electron chi connectivity index (χ3n) is 6.42. The van der Waals surface area contributed by atoms with Crippen LogP contribution in [0.25, 0.3) is 0 Å². The molecule has 2 aliphatic rings. The van der Waals surface area contributed by atoms with Crippen LogP contribution in [0.15, 0.2) is 53.6 Å². The number of benzene rings is 2. The van der Waals surface area contributed by atoms with Gasteiger partial charge < -0.3 is 10.1 Å². The number of hydrogen-bond acceptors (Lipinski definition) is 8. The second-order valence-corrected chi connectivity index (χ2v) is 8.78. The quantitative estimate of drug-likeness (QED) is 0.339. The number of ether oxygens (including phenoxy) is 1. The minimum Gasteiger partial charge on any atom is -0.465 e. The van der Waals surface area contributed by atoms with Crippen molar-refractivity contribution in [3.63, 3.8) is 0 Å². The standard InChI is InChI=1S/C24H24F3N5O5/c1-14(16-5-7-17(8-6-16)23(34)37-2)28-21(33)19-20(24(25,26)27)29-31-12-11-30(22(19)31)13-15-3-9-18(10-4-15)32(35)36/h3-10,14,19,22H,11-13H2,1-2H3,(H,28,33)/t14-,19?,22?/m0/s1. The number of nitro groups is 1. The highest BCUT2D eigenvalue weighted by atomic mass is 19.4. The summed E-state index contributed by atoms with van der Waals surface area (Å²) < 4.78 is 46.4. The van der Waals surface area contributed by atoms with Crippen LogP contribution in [0.5, 0.6) is 0 Å². The zero-order chi connectivity index (χ0) is 26.9. The summed E-state index contributed by atoms with van der Waals surface area (Å²) in [6.07, 6.45) is -5.77. The van der Waals surface area contributed by atoms with Gasteiger partial charge >= 0.3 is 12.1 Å². The van der Waals surface area contributed by atoms with Gasteiger partial charge in [-0.1, -0.05) is 24.3 Å². The lowest BCUT2D eigenvalue weighted by atomic mass is 9.97. The summed E-state index contributed by atoms with van der Waals surface area (Å²) in [6, 6.07) is 11.3. The number of nitrogens with one attached hydrogen (secondary N) is 1. The highest BCUT2D eigenvalue weighted by Crippen LogP contribution is 2.37. The largest absolute Gasteiger partial charge is 0.465 e. The Balaban J connectivity index is 1.53. The molecule has 2 aromatic carbocycles. The molecule has 0 radical (unpaired) electrons. The lowest BCUT2D eigenvalue weighted by Crippen LogP contribution is -2.50. The normalized spacial score (nSPS) is 20.2. The number of nitrogens with zero attached hydrogens (tertiary/aromatic N) is 4. The van der Waals surface area contributed by atoms with Crippen molar-refractivity contribution in [2.45, 2.75) is 31.9 Å². The van der Waals surface area contributed by atoms with Crippen LogP contribution in [-0.4, -0.2) is 65.0 Å². The second kappa shape index (κ2) is 10.2. The van der Waals surface area contributed by atoms with Crippen molar-refractivity contribution in [2.75, 3.05) is 20.2 Å². The lowest BCUT2D eigenvalue weighted by molar-refractivity contribution is -0.384. The van der Waals surface area contributed by atoms with Crippen LogP contribution in [0.1, 0.15) is 34.5 Å². The molecule has 1 saturated heterocycles. The average molecular weight is 519 g/mol. The van der Waals surface area contributed by atoms with Crippen LogP contribution in [0, 0.1) is 16.0 Å². The van der Waals surface area contributed by atoms with Crippen molar-refractivity contribution < 1.29 is 32.4 Å². The van der Waals surface area contributed by atoms with Crippen LogP contribution < -0.4 is 5.32 Å². The van der Waals surface area contributed by atoms with E-state index in [2.05, 4.69) is 15.2 Å². The number of hydrogen-bond donors (Lipinski definition) is 1. The number of alkyl halides is 3. The van der Waals surface area contributed by atoms with Crippen LogP contribution in [0.3, 0.4) is 0 Å². The van der Waals surface area contributed by atoms with Gasteiger partial charge in [0, 0.05) is 25.2 Å². The van der Waals surface area contributed by atoms with Crippen LogP contribution in [0.2, 0.25) is 0 Å². The fourth-order valence-corrected chi connectivity index (χ4v) is 4.55. The molecule has 2 aromatic rings. The van der Waals surface area contributed by atoms with Gasteiger partial charge in [-0.15, -0.1) is 0 Å². The van der Waals surface area contributed by atoms with Gasteiger partial charge in [0.25, 0.3) is 5.69 Å². The fourth-order valence-electron chi connectivity index (χ4n) is 4.55. The molecule has 1 N–H and O–H groups in total. The third-order valence-corrected chi connectivity index (χ3v) is 6.42. The first-order valence-electron chi connectivity index (χ1n) is 11.4. The zero-order valence-corrected chi connectivity index (χ0v) is 19.9. The van der Waals surface area contributed by atoms with E-state index in [1.54, 1.807) is 24.0 Å². The van der Waals surface area contributed by atoms with Crippen molar-refractivity contribution in [3.8, 4) is 0 Å². The van der Waals surface area contributed by atoms with Gasteiger partial charge in [0.1, 0.15) is 12.1 Å². The average Bonchev–Trinajstić information content (AvgIpc) is 3.44. The number of methoxy groups -OCH3 is 1. The molecule has 0 bridgehead atoms. The van der Waals surface area contributed by atoms with E-state index in [9.17, 15) is 32.9 Å². The summed E-state index contributed by atoms with van der Waals surface area (Å²) in [7, 11) is 1.25. The molecule has 0 spiro atoms. The molecular weight excluding hydrogens is 495 g/mol. The predicted molar refractivity (Wildman–Crippen MR) is 125 cm³/mol. The molecular formula is C24H24F3N5O5. The van der Waals surface area contributed by atoms with Crippen LogP contribution >= 0.6 is 0 Å². The Labute approximate surface area is 209 Å². The Bertz CT molecular complexity index is 1220. The SMILES string of the molecule is COC(=O)c1ccc([C@H](C)NC(=O)C2C(C(F)(F)F)=NN3CCN(Cc4ccc([N+](=O)[O-])cc4)C23)cc1. The van der Waals surface area contributed by atoms with E-state index in [4.69, 9.17) is 0 Å². The molecule has 3 atom stereocenters. The highest BCUT2D eigenvalue weighted by Gasteiger charge is 2.56. The first-order valence-corrected chi connectivity index (χ1v) is 11.4. The third kappa shape index (κ3) is 5.40. The summed E-state index contributed by atoms with van der Waals surface area (Å²) >= 11 is 0. The number of fused-ring (bicyclic) bond motifs is 1. The van der Waals surface area contributed by atoms with Gasteiger partial charge in [-0.2, -0.15) is 18.3 Å². The zero-order valence-electron chi connectivity index (χ0n) is 19.9. The maximum Gasteiger partial charge on any atom is 0.432 e. The van der Waals surface area contributed by atoms with Crippen LogP contribution in [0.4, 0.5) is 18.9 Å². The molecule has 2 aliphatic heterocycles. The maximum absolute atomic E-state index is 13.9. The number of amides is 1. The van der Waals surface area contributed by atoms with Gasteiger partial charge in [-0.3, -0.25) is 24.8 Å². The first kappa shape index (κ1) is 26.1. The van der Waals surface area contributed by atoms with Crippen molar-refractivity contribution >= 4 is 23.3 Å². The highest BCUT2D eigenvalue weighted by molar-refractivity contribution is 6.08. The van der Waals surface area contributed by atoms with Crippen LogP contribution in [-0.2, 0) is 16.1 Å². The summed E-state index contributed by atoms with van der Waals surface area (Å²) in [5, 5.41) is 18.6. The number of hydrazone groups is 1. The summed E-state index contributed by atoms with van der Waals surface area (Å²) in [4.78, 5) is 37.0. The Hall–Kier alpha value is -4.00. The molecule has 2 unspecified atom stereocenters. The van der Waals surface area contributed by atoms with Crippen molar-refractivity contribution in [1.82, 2.24) is 15.2 Å². The number of nitro benzene ring substituents is 1. The fraction of sp³-hybridized carbons (Fsp3) is 0.375. The Morgan fingerprint density at radius 2 is 1.81 bits per heavy atom. The van der Waals surface area contributed by atoms with E-state index in [1.807, 2.05) is 0 Å². The molecule has 13 heteroatoms. The Morgan fingerprint density at radius 1 is 1.16 bits per heavy atom. The van der Waals surface area contributed by atoms with Gasteiger partial charge in [-0.05, 0) is 30.2 Å². The van der Waals surface area contributed by atoms with Gasteiger partial charge in [0.15, 0.2) is 5.71 Å². The Kier molecular flexibility index (Phi) is 7.16. The number of esters is 1.